The molecule has 1 aromatic carbocycles. The lowest BCUT2D eigenvalue weighted by molar-refractivity contribution is -0.118. The Bertz CT molecular complexity index is 1120. The summed E-state index contributed by atoms with van der Waals surface area (Å²) in [4.78, 5) is 27.9. The van der Waals surface area contributed by atoms with E-state index in [9.17, 15) is 9.59 Å². The number of imide groups is 1. The number of carbonyl (C=O) groups is 2. The van der Waals surface area contributed by atoms with Gasteiger partial charge in [-0.3, -0.25) is 14.9 Å². The molecule has 0 spiro atoms. The SMILES string of the molecule is C/C=C\Cc1nc(CCOc2ccc(CC3SC(=O)NC3=O)c3sccc23)c(C)o1. The highest BCUT2D eigenvalue weighted by atomic mass is 32.2. The maximum absolute atomic E-state index is 11.9. The molecule has 2 aromatic heterocycles. The Hall–Kier alpha value is -2.58. The molecule has 1 unspecified atom stereocenters. The highest BCUT2D eigenvalue weighted by Gasteiger charge is 2.32. The summed E-state index contributed by atoms with van der Waals surface area (Å²) < 4.78 is 12.8. The number of hydrogen-bond acceptors (Lipinski definition) is 7. The van der Waals surface area contributed by atoms with Gasteiger partial charge in [-0.05, 0) is 43.3 Å². The zero-order valence-electron chi connectivity index (χ0n) is 16.8. The molecule has 1 aliphatic heterocycles. The van der Waals surface area contributed by atoms with Gasteiger partial charge in [0.2, 0.25) is 5.91 Å². The zero-order valence-corrected chi connectivity index (χ0v) is 18.4. The maximum atomic E-state index is 11.9. The monoisotopic (exact) mass is 442 g/mol. The summed E-state index contributed by atoms with van der Waals surface area (Å²) in [5.74, 6) is 2.14. The molecular weight excluding hydrogens is 420 g/mol. The lowest BCUT2D eigenvalue weighted by Gasteiger charge is -2.11. The number of aromatic nitrogens is 1. The number of rotatable bonds is 8. The maximum Gasteiger partial charge on any atom is 0.286 e. The Kier molecular flexibility index (Phi) is 6.24. The molecule has 1 fully saturated rings. The quantitative estimate of drug-likeness (QED) is 0.503. The lowest BCUT2D eigenvalue weighted by atomic mass is 10.1. The number of thioether (sulfide) groups is 1. The van der Waals surface area contributed by atoms with Gasteiger partial charge in [-0.1, -0.05) is 30.0 Å². The average molecular weight is 443 g/mol. The predicted molar refractivity (Wildman–Crippen MR) is 119 cm³/mol. The fraction of sp³-hybridized carbons (Fsp3) is 0.318. The molecule has 30 heavy (non-hydrogen) atoms. The number of nitrogens with zero attached hydrogens (tertiary/aromatic N) is 1. The molecule has 0 radical (unpaired) electrons. The first-order valence-corrected chi connectivity index (χ1v) is 11.5. The third-order valence-electron chi connectivity index (χ3n) is 4.89. The van der Waals surface area contributed by atoms with E-state index in [0.717, 1.165) is 50.5 Å². The lowest BCUT2D eigenvalue weighted by Crippen LogP contribution is -2.25. The van der Waals surface area contributed by atoms with Crippen LogP contribution < -0.4 is 10.1 Å². The van der Waals surface area contributed by atoms with Crippen molar-refractivity contribution in [2.75, 3.05) is 6.61 Å². The number of nitrogens with one attached hydrogen (secondary N) is 1. The normalized spacial score (nSPS) is 16.7. The van der Waals surface area contributed by atoms with Gasteiger partial charge < -0.3 is 9.15 Å². The number of carbonyl (C=O) groups excluding carboxylic acids is 2. The average Bonchev–Trinajstić information content (AvgIpc) is 3.41. The molecule has 0 aliphatic carbocycles. The minimum absolute atomic E-state index is 0.216. The Morgan fingerprint density at radius 3 is 2.93 bits per heavy atom. The molecule has 6 nitrogen and oxygen atoms in total. The molecule has 1 saturated heterocycles. The molecule has 156 valence electrons. The van der Waals surface area contributed by atoms with E-state index in [2.05, 4.69) is 10.3 Å². The Morgan fingerprint density at radius 2 is 2.17 bits per heavy atom. The molecule has 2 amide bonds. The van der Waals surface area contributed by atoms with Crippen LogP contribution in [0.15, 0.2) is 40.1 Å². The summed E-state index contributed by atoms with van der Waals surface area (Å²) in [6, 6.07) is 5.96. The van der Waals surface area contributed by atoms with Crippen LogP contribution in [0.4, 0.5) is 4.79 Å². The summed E-state index contributed by atoms with van der Waals surface area (Å²) in [5, 5.41) is 4.74. The fourth-order valence-electron chi connectivity index (χ4n) is 3.39. The van der Waals surface area contributed by atoms with E-state index in [1.807, 2.05) is 49.6 Å². The smallest absolute Gasteiger partial charge is 0.286 e. The van der Waals surface area contributed by atoms with Crippen LogP contribution in [0, 0.1) is 6.92 Å². The summed E-state index contributed by atoms with van der Waals surface area (Å²) in [7, 11) is 0. The number of hydrogen-bond donors (Lipinski definition) is 1. The van der Waals surface area contributed by atoms with Crippen LogP contribution in [0.2, 0.25) is 0 Å². The topological polar surface area (TPSA) is 81.4 Å². The van der Waals surface area contributed by atoms with Crippen LogP contribution in [0.3, 0.4) is 0 Å². The van der Waals surface area contributed by atoms with E-state index < -0.39 is 0 Å². The first-order valence-electron chi connectivity index (χ1n) is 9.75. The minimum Gasteiger partial charge on any atom is -0.493 e. The molecule has 0 saturated carbocycles. The Balaban J connectivity index is 1.43. The second-order valence-electron chi connectivity index (χ2n) is 6.96. The summed E-state index contributed by atoms with van der Waals surface area (Å²) in [5.41, 5.74) is 1.97. The van der Waals surface area contributed by atoms with Gasteiger partial charge in [0, 0.05) is 22.9 Å². The van der Waals surface area contributed by atoms with Crippen molar-refractivity contribution in [2.24, 2.45) is 0 Å². The van der Waals surface area contributed by atoms with E-state index in [1.165, 1.54) is 0 Å². The van der Waals surface area contributed by atoms with Gasteiger partial charge in [-0.2, -0.15) is 0 Å². The second-order valence-corrected chi connectivity index (χ2v) is 9.05. The Labute approximate surface area is 182 Å². The fourth-order valence-corrected chi connectivity index (χ4v) is 5.18. The van der Waals surface area contributed by atoms with Gasteiger partial charge in [0.15, 0.2) is 5.89 Å². The van der Waals surface area contributed by atoms with Crippen molar-refractivity contribution in [3.63, 3.8) is 0 Å². The van der Waals surface area contributed by atoms with Crippen molar-refractivity contribution in [2.45, 2.75) is 38.4 Å². The van der Waals surface area contributed by atoms with Crippen molar-refractivity contribution in [1.82, 2.24) is 10.3 Å². The van der Waals surface area contributed by atoms with Crippen molar-refractivity contribution >= 4 is 44.3 Å². The van der Waals surface area contributed by atoms with Crippen LogP contribution in [-0.2, 0) is 24.1 Å². The number of thiophene rings is 1. The van der Waals surface area contributed by atoms with Gasteiger partial charge in [-0.15, -0.1) is 11.3 Å². The van der Waals surface area contributed by atoms with Crippen LogP contribution in [0.5, 0.6) is 5.75 Å². The van der Waals surface area contributed by atoms with Crippen LogP contribution in [0.1, 0.15) is 29.8 Å². The van der Waals surface area contributed by atoms with Crippen LogP contribution in [0.25, 0.3) is 10.1 Å². The number of amides is 2. The van der Waals surface area contributed by atoms with E-state index >= 15 is 0 Å². The van der Waals surface area contributed by atoms with Crippen molar-refractivity contribution < 1.29 is 18.7 Å². The number of benzene rings is 1. The molecule has 0 bridgehead atoms. The third-order valence-corrected chi connectivity index (χ3v) is 6.86. The van der Waals surface area contributed by atoms with Gasteiger partial charge in [-0.25, -0.2) is 4.98 Å². The number of oxazole rings is 1. The van der Waals surface area contributed by atoms with Crippen molar-refractivity contribution in [1.29, 1.82) is 0 Å². The molecule has 8 heteroatoms. The summed E-state index contributed by atoms with van der Waals surface area (Å²) in [6.45, 7) is 4.40. The minimum atomic E-state index is -0.374. The van der Waals surface area contributed by atoms with E-state index in [1.54, 1.807) is 11.3 Å². The molecular formula is C22H22N2O4S2. The standard InChI is InChI=1S/C22H22N2O4S2/c1-3-4-5-19-23-16(13(2)28-19)8-10-27-17-7-6-14(20-15(17)9-11-29-20)12-18-21(25)24-22(26)30-18/h3-4,6-7,9,11,18H,5,8,10,12H2,1-2H3,(H,24,25,26)/b4-3-. The van der Waals surface area contributed by atoms with Crippen molar-refractivity contribution in [3.05, 3.63) is 58.6 Å². The van der Waals surface area contributed by atoms with Gasteiger partial charge in [0.25, 0.3) is 5.24 Å². The van der Waals surface area contributed by atoms with Crippen LogP contribution in [-0.4, -0.2) is 28.0 Å². The summed E-state index contributed by atoms with van der Waals surface area (Å²) in [6.07, 6.45) is 5.88. The third kappa shape index (κ3) is 4.44. The van der Waals surface area contributed by atoms with E-state index in [0.29, 0.717) is 25.9 Å². The van der Waals surface area contributed by atoms with Gasteiger partial charge in [0.05, 0.1) is 17.6 Å². The van der Waals surface area contributed by atoms with Crippen molar-refractivity contribution in [3.8, 4) is 5.75 Å². The number of aryl methyl sites for hydroxylation is 1. The molecule has 3 heterocycles. The first-order chi connectivity index (χ1) is 14.5. The van der Waals surface area contributed by atoms with E-state index in [-0.39, 0.29) is 16.4 Å². The van der Waals surface area contributed by atoms with Gasteiger partial charge in [0.1, 0.15) is 11.5 Å². The highest BCUT2D eigenvalue weighted by Crippen LogP contribution is 2.35. The molecule has 3 aromatic rings. The predicted octanol–water partition coefficient (Wildman–Crippen LogP) is 4.83. The number of fused-ring (bicyclic) bond motifs is 1. The molecule has 1 atom stereocenters. The molecule has 1 aliphatic rings. The van der Waals surface area contributed by atoms with Gasteiger partial charge >= 0.3 is 0 Å². The summed E-state index contributed by atoms with van der Waals surface area (Å²) >= 11 is 2.67. The number of ether oxygens (including phenoxy) is 1. The number of allylic oxidation sites excluding steroid dienone is 2. The Morgan fingerprint density at radius 1 is 1.30 bits per heavy atom. The highest BCUT2D eigenvalue weighted by molar-refractivity contribution is 8.15. The zero-order chi connectivity index (χ0) is 21.1. The van der Waals surface area contributed by atoms with E-state index in [4.69, 9.17) is 9.15 Å². The molecule has 1 N–H and O–H groups in total. The van der Waals surface area contributed by atoms with Crippen LogP contribution >= 0.6 is 23.1 Å². The first kappa shape index (κ1) is 20.7. The molecule has 4 rings (SSSR count). The largest absolute Gasteiger partial charge is 0.493 e. The second kappa shape index (κ2) is 9.06.